The average molecular weight is 657 g/mol. The number of allylic oxidation sites excluding steroid dienone is 2. The molecule has 0 atom stereocenters. The number of aromatic nitrogens is 2. The first-order chi connectivity index (χ1) is 20.2. The van der Waals surface area contributed by atoms with Gasteiger partial charge in [-0.2, -0.15) is 39.5 Å². The second kappa shape index (κ2) is 11.6. The number of aryl methyl sites for hydroxylation is 2. The molecule has 0 N–H and O–H groups in total. The van der Waals surface area contributed by atoms with Gasteiger partial charge in [0, 0.05) is 24.4 Å². The topological polar surface area (TPSA) is 72.5 Å². The van der Waals surface area contributed by atoms with E-state index in [1.54, 1.807) is 6.92 Å². The Morgan fingerprint density at radius 1 is 0.886 bits per heavy atom. The van der Waals surface area contributed by atoms with Gasteiger partial charge in [-0.25, -0.2) is 17.6 Å². The molecule has 2 heterocycles. The molecule has 0 radical (unpaired) electrons. The summed E-state index contributed by atoms with van der Waals surface area (Å²) >= 11 is 0. The van der Waals surface area contributed by atoms with Crippen molar-refractivity contribution in [3.05, 3.63) is 71.3 Å². The maximum Gasteiger partial charge on any atom is 0.416 e. The fraction of sp³-hybridized carbons (Fsp3) is 0.370. The van der Waals surface area contributed by atoms with Crippen LogP contribution in [0.25, 0.3) is 17.1 Å². The van der Waals surface area contributed by atoms with Gasteiger partial charge in [0.15, 0.2) is 11.0 Å². The van der Waals surface area contributed by atoms with Crippen LogP contribution in [0.4, 0.5) is 50.9 Å². The lowest BCUT2D eigenvalue weighted by Crippen LogP contribution is -2.35. The predicted molar refractivity (Wildman–Crippen MR) is 142 cm³/mol. The van der Waals surface area contributed by atoms with Crippen LogP contribution >= 0.6 is 0 Å². The zero-order chi connectivity index (χ0) is 32.8. The fourth-order valence-corrected chi connectivity index (χ4v) is 5.56. The predicted octanol–water partition coefficient (Wildman–Crippen LogP) is 6.20. The minimum atomic E-state index is -4.80. The second-order valence-electron chi connectivity index (χ2n) is 9.92. The van der Waals surface area contributed by atoms with E-state index < -0.39 is 52.1 Å². The maximum atomic E-state index is 13.6. The number of anilines is 2. The summed E-state index contributed by atoms with van der Waals surface area (Å²) in [5.41, 5.74) is -1.95. The van der Waals surface area contributed by atoms with Crippen LogP contribution in [0.3, 0.4) is 0 Å². The molecule has 2 aromatic carbocycles. The average Bonchev–Trinajstić information content (AvgIpc) is 3.31. The summed E-state index contributed by atoms with van der Waals surface area (Å²) in [4.78, 5) is 2.08. The lowest BCUT2D eigenvalue weighted by atomic mass is 10.1. The number of rotatable bonds is 8. The highest BCUT2D eigenvalue weighted by Crippen LogP contribution is 2.45. The maximum absolute atomic E-state index is 13.6. The standard InChI is InChI=1S/C27H25F9N4O3S/c1-3-38-20-11-9-18(27(34,35)36)15-22(20)40(16-25(28,29)30)24(38)7-4-6-23-37(2)19-10-8-17(26(31,32)33)14-21(19)39(23)12-5-13-44(41,42)43/h4,6-11,14-15H,3,5,12-13,16H2,1-2H3. The highest BCUT2D eigenvalue weighted by Gasteiger charge is 2.41. The zero-order valence-corrected chi connectivity index (χ0v) is 23.9. The normalized spacial score (nSPS) is 15.8. The molecule has 1 aliphatic rings. The van der Waals surface area contributed by atoms with Crippen LogP contribution in [0.1, 0.15) is 30.3 Å². The Kier molecular flexibility index (Phi) is 8.78. The molecule has 17 heteroatoms. The van der Waals surface area contributed by atoms with Crippen LogP contribution in [-0.2, 0) is 36.1 Å². The third kappa shape index (κ3) is 7.14. The molecule has 7 nitrogen and oxygen atoms in total. The van der Waals surface area contributed by atoms with Crippen LogP contribution in [0, 0.1) is 0 Å². The first kappa shape index (κ1) is 33.2. The van der Waals surface area contributed by atoms with Gasteiger partial charge in [-0.15, -0.1) is 0 Å². The Bertz CT molecular complexity index is 1720. The van der Waals surface area contributed by atoms with E-state index in [9.17, 15) is 52.5 Å². The van der Waals surface area contributed by atoms with Crippen molar-refractivity contribution in [3.63, 3.8) is 0 Å². The molecule has 240 valence electrons. The third-order valence-corrected chi connectivity index (χ3v) is 7.72. The van der Waals surface area contributed by atoms with Crippen molar-refractivity contribution in [3.8, 4) is 0 Å². The highest BCUT2D eigenvalue weighted by molar-refractivity contribution is 7.85. The molecule has 0 aliphatic carbocycles. The van der Waals surface area contributed by atoms with E-state index in [2.05, 4.69) is 0 Å². The van der Waals surface area contributed by atoms with E-state index in [0.717, 1.165) is 24.3 Å². The van der Waals surface area contributed by atoms with Crippen molar-refractivity contribution >= 4 is 38.6 Å². The molecule has 44 heavy (non-hydrogen) atoms. The van der Waals surface area contributed by atoms with Crippen LogP contribution < -0.4 is 14.4 Å². The number of imidazole rings is 1. The van der Waals surface area contributed by atoms with Crippen LogP contribution in [0.15, 0.2) is 54.4 Å². The van der Waals surface area contributed by atoms with E-state index in [4.69, 9.17) is 0 Å². The van der Waals surface area contributed by atoms with Crippen LogP contribution in [0.2, 0.25) is 0 Å². The third-order valence-electron chi connectivity index (χ3n) is 6.93. The first-order valence-electron chi connectivity index (χ1n) is 13.0. The van der Waals surface area contributed by atoms with Gasteiger partial charge in [-0.3, -0.25) is 0 Å². The minimum Gasteiger partial charge on any atom is -0.748 e. The van der Waals surface area contributed by atoms with Crippen molar-refractivity contribution in [1.29, 1.82) is 0 Å². The lowest BCUT2D eigenvalue weighted by Gasteiger charge is -2.25. The van der Waals surface area contributed by atoms with E-state index in [-0.39, 0.29) is 48.0 Å². The Balaban J connectivity index is 1.82. The van der Waals surface area contributed by atoms with Crippen molar-refractivity contribution in [2.45, 2.75) is 38.4 Å². The number of hydrogen-bond donors (Lipinski definition) is 0. The largest absolute Gasteiger partial charge is 0.748 e. The summed E-state index contributed by atoms with van der Waals surface area (Å²) in [5.74, 6) is -0.684. The van der Waals surface area contributed by atoms with Gasteiger partial charge in [0.25, 0.3) is 5.82 Å². The molecule has 0 saturated carbocycles. The van der Waals surface area contributed by atoms with Crippen LogP contribution in [0.5, 0.6) is 0 Å². The number of halogens is 9. The Labute approximate surface area is 245 Å². The molecule has 1 aliphatic heterocycles. The van der Waals surface area contributed by atoms with Crippen molar-refractivity contribution < 1.29 is 57.1 Å². The Morgan fingerprint density at radius 3 is 2.07 bits per heavy atom. The molecule has 0 spiro atoms. The minimum absolute atomic E-state index is 0.0553. The van der Waals surface area contributed by atoms with E-state index in [1.807, 2.05) is 0 Å². The van der Waals surface area contributed by atoms with Gasteiger partial charge < -0.3 is 14.4 Å². The zero-order valence-electron chi connectivity index (χ0n) is 23.1. The smallest absolute Gasteiger partial charge is 0.416 e. The molecule has 0 saturated heterocycles. The molecule has 4 rings (SSSR count). The SMILES string of the molecule is CCN1/C(=C\C=C\c2n(CCCS(=O)(=O)[O-])c3cc(C(F)(F)F)ccc3[n+]2C)N(CC(F)(F)F)c2cc(C(F)(F)F)ccc21. The molecule has 0 unspecified atom stereocenters. The Hall–Kier alpha value is -3.73. The van der Waals surface area contributed by atoms with E-state index in [0.29, 0.717) is 16.5 Å². The van der Waals surface area contributed by atoms with Gasteiger partial charge in [0.2, 0.25) is 0 Å². The molecule has 1 aromatic heterocycles. The van der Waals surface area contributed by atoms with Crippen molar-refractivity contribution in [2.75, 3.05) is 28.6 Å². The summed E-state index contributed by atoms with van der Waals surface area (Å²) in [7, 11) is -3.13. The quantitative estimate of drug-likeness (QED) is 0.164. The number of benzene rings is 2. The first-order valence-corrected chi connectivity index (χ1v) is 14.5. The monoisotopic (exact) mass is 656 g/mol. The summed E-state index contributed by atoms with van der Waals surface area (Å²) in [6.07, 6.45) is -10.7. The summed E-state index contributed by atoms with van der Waals surface area (Å²) in [6, 6.07) is 5.38. The molecular formula is C27H25F9N4O3S. The number of nitrogens with zero attached hydrogens (tertiary/aromatic N) is 4. The number of hydrogen-bond acceptors (Lipinski definition) is 5. The fourth-order valence-electron chi connectivity index (χ4n) is 5.08. The molecule has 0 fully saturated rings. The van der Waals surface area contributed by atoms with E-state index in [1.165, 1.54) is 45.4 Å². The van der Waals surface area contributed by atoms with Gasteiger partial charge >= 0.3 is 18.5 Å². The lowest BCUT2D eigenvalue weighted by molar-refractivity contribution is -0.647. The Morgan fingerprint density at radius 2 is 1.50 bits per heavy atom. The van der Waals surface area contributed by atoms with Crippen molar-refractivity contribution in [1.82, 2.24) is 4.57 Å². The van der Waals surface area contributed by atoms with Gasteiger partial charge in [-0.05, 0) is 49.8 Å². The molecule has 0 amide bonds. The number of alkyl halides is 9. The molecule has 3 aromatic rings. The highest BCUT2D eigenvalue weighted by atomic mass is 32.2. The van der Waals surface area contributed by atoms with Gasteiger partial charge in [-0.1, -0.05) is 6.08 Å². The number of fused-ring (bicyclic) bond motifs is 2. The van der Waals surface area contributed by atoms with Gasteiger partial charge in [0.1, 0.15) is 12.4 Å². The molecular weight excluding hydrogens is 631 g/mol. The van der Waals surface area contributed by atoms with E-state index >= 15 is 0 Å². The van der Waals surface area contributed by atoms with Crippen LogP contribution in [-0.4, -0.2) is 42.6 Å². The summed E-state index contributed by atoms with van der Waals surface area (Å²) < 4.78 is 158. The summed E-state index contributed by atoms with van der Waals surface area (Å²) in [5, 5.41) is 0. The van der Waals surface area contributed by atoms with Gasteiger partial charge in [0.05, 0.1) is 46.2 Å². The second-order valence-corrected chi connectivity index (χ2v) is 11.4. The summed E-state index contributed by atoms with van der Waals surface area (Å²) in [6.45, 7) is -0.112. The molecule has 0 bridgehead atoms. The van der Waals surface area contributed by atoms with Crippen molar-refractivity contribution in [2.24, 2.45) is 7.05 Å².